The quantitative estimate of drug-likeness (QED) is 0.650. The highest BCUT2D eigenvalue weighted by Crippen LogP contribution is 2.26. The van der Waals surface area contributed by atoms with Crippen LogP contribution in [-0.2, 0) is 0 Å². The van der Waals surface area contributed by atoms with Crippen LogP contribution in [0, 0.1) is 0 Å². The molecule has 0 amide bonds. The largest absolute Gasteiger partial charge is 0.378 e. The Kier molecular flexibility index (Phi) is 3.60. The van der Waals surface area contributed by atoms with Crippen molar-refractivity contribution in [3.8, 4) is 0 Å². The average molecular weight is 276 g/mol. The van der Waals surface area contributed by atoms with Crippen LogP contribution in [0.1, 0.15) is 0 Å². The number of azo groups is 1. The van der Waals surface area contributed by atoms with Gasteiger partial charge in [0.15, 0.2) is 0 Å². The molecule has 0 saturated heterocycles. The van der Waals surface area contributed by atoms with E-state index in [0.29, 0.717) is 0 Å². The molecule has 0 atom stereocenters. The lowest BCUT2D eigenvalue weighted by atomic mass is 10.1. The van der Waals surface area contributed by atoms with Gasteiger partial charge < -0.3 is 4.90 Å². The van der Waals surface area contributed by atoms with Gasteiger partial charge in [-0.1, -0.05) is 24.3 Å². The molecule has 0 bridgehead atoms. The summed E-state index contributed by atoms with van der Waals surface area (Å²) in [5, 5.41) is 10.7. The number of pyridine rings is 1. The molecule has 0 aliphatic rings. The van der Waals surface area contributed by atoms with E-state index in [9.17, 15) is 0 Å². The second-order valence-electron chi connectivity index (χ2n) is 4.99. The number of hydrogen-bond acceptors (Lipinski definition) is 4. The van der Waals surface area contributed by atoms with Crippen LogP contribution in [0.4, 0.5) is 17.1 Å². The summed E-state index contributed by atoms with van der Waals surface area (Å²) in [6.45, 7) is 0. The van der Waals surface area contributed by atoms with Gasteiger partial charge in [-0.3, -0.25) is 4.98 Å². The minimum absolute atomic E-state index is 0.782. The molecule has 0 saturated carbocycles. The SMILES string of the molecule is CN(C)c1ccc(N=Nc2cncc3ccccc23)cc1. The summed E-state index contributed by atoms with van der Waals surface area (Å²) in [4.78, 5) is 6.25. The minimum Gasteiger partial charge on any atom is -0.378 e. The van der Waals surface area contributed by atoms with Crippen molar-refractivity contribution < 1.29 is 0 Å². The fraction of sp³-hybridized carbons (Fsp3) is 0.118. The standard InChI is InChI=1S/C17H16N4/c1-21(2)15-9-7-14(8-10-15)19-20-17-12-18-11-13-5-3-4-6-16(13)17/h3-12H,1-2H3. The lowest BCUT2D eigenvalue weighted by Gasteiger charge is -2.11. The Bertz CT molecular complexity index is 771. The third-order valence-corrected chi connectivity index (χ3v) is 3.29. The Balaban J connectivity index is 1.91. The minimum atomic E-state index is 0.782. The molecule has 21 heavy (non-hydrogen) atoms. The Morgan fingerprint density at radius 3 is 2.38 bits per heavy atom. The van der Waals surface area contributed by atoms with Gasteiger partial charge in [-0.15, -0.1) is 5.11 Å². The van der Waals surface area contributed by atoms with Crippen molar-refractivity contribution in [3.63, 3.8) is 0 Å². The van der Waals surface area contributed by atoms with Gasteiger partial charge in [-0.2, -0.15) is 5.11 Å². The Morgan fingerprint density at radius 1 is 0.857 bits per heavy atom. The number of benzene rings is 2. The number of hydrogen-bond donors (Lipinski definition) is 0. The molecular weight excluding hydrogens is 260 g/mol. The molecule has 0 N–H and O–H groups in total. The Morgan fingerprint density at radius 2 is 1.62 bits per heavy atom. The maximum atomic E-state index is 4.33. The van der Waals surface area contributed by atoms with Crippen molar-refractivity contribution in [1.82, 2.24) is 4.98 Å². The van der Waals surface area contributed by atoms with E-state index >= 15 is 0 Å². The predicted octanol–water partition coefficient (Wildman–Crippen LogP) is 4.72. The molecule has 0 radical (unpaired) electrons. The van der Waals surface area contributed by atoms with Gasteiger partial charge in [0.05, 0.1) is 11.9 Å². The first-order chi connectivity index (χ1) is 10.2. The van der Waals surface area contributed by atoms with E-state index in [4.69, 9.17) is 0 Å². The second kappa shape index (κ2) is 5.71. The molecule has 3 rings (SSSR count). The topological polar surface area (TPSA) is 40.9 Å². The number of rotatable bonds is 3. The first-order valence-corrected chi connectivity index (χ1v) is 6.76. The van der Waals surface area contributed by atoms with Crippen LogP contribution in [0.2, 0.25) is 0 Å². The number of aromatic nitrogens is 1. The lowest BCUT2D eigenvalue weighted by Crippen LogP contribution is -2.07. The molecule has 1 heterocycles. The van der Waals surface area contributed by atoms with Crippen molar-refractivity contribution in [2.75, 3.05) is 19.0 Å². The fourth-order valence-electron chi connectivity index (χ4n) is 2.11. The molecule has 1 aromatic heterocycles. The zero-order valence-corrected chi connectivity index (χ0v) is 12.1. The number of nitrogens with zero attached hydrogens (tertiary/aromatic N) is 4. The third kappa shape index (κ3) is 2.89. The summed E-state index contributed by atoms with van der Waals surface area (Å²) in [7, 11) is 4.02. The van der Waals surface area contributed by atoms with E-state index in [2.05, 4.69) is 20.1 Å². The predicted molar refractivity (Wildman–Crippen MR) is 86.7 cm³/mol. The van der Waals surface area contributed by atoms with Crippen molar-refractivity contribution in [1.29, 1.82) is 0 Å². The van der Waals surface area contributed by atoms with Gasteiger partial charge in [-0.25, -0.2) is 0 Å². The molecule has 104 valence electrons. The van der Waals surface area contributed by atoms with Crippen LogP contribution in [0.3, 0.4) is 0 Å². The highest BCUT2D eigenvalue weighted by atomic mass is 15.1. The maximum absolute atomic E-state index is 4.33. The molecule has 4 heteroatoms. The van der Waals surface area contributed by atoms with E-state index in [0.717, 1.165) is 27.8 Å². The van der Waals surface area contributed by atoms with Gasteiger partial charge in [0.1, 0.15) is 5.69 Å². The molecule has 0 fully saturated rings. The first-order valence-electron chi connectivity index (χ1n) is 6.76. The number of fused-ring (bicyclic) bond motifs is 1. The van der Waals surface area contributed by atoms with Crippen molar-refractivity contribution in [2.24, 2.45) is 10.2 Å². The van der Waals surface area contributed by atoms with E-state index in [1.807, 2.05) is 68.8 Å². The van der Waals surface area contributed by atoms with Crippen LogP contribution in [0.15, 0.2) is 71.2 Å². The third-order valence-electron chi connectivity index (χ3n) is 3.29. The van der Waals surface area contributed by atoms with Crippen LogP contribution >= 0.6 is 0 Å². The molecule has 3 aromatic rings. The summed E-state index contributed by atoms with van der Waals surface area (Å²) in [6, 6.07) is 16.0. The second-order valence-corrected chi connectivity index (χ2v) is 4.99. The monoisotopic (exact) mass is 276 g/mol. The Labute approximate surface area is 123 Å². The summed E-state index contributed by atoms with van der Waals surface area (Å²) in [5.41, 5.74) is 2.75. The zero-order chi connectivity index (χ0) is 14.7. The van der Waals surface area contributed by atoms with E-state index in [1.165, 1.54) is 0 Å². The van der Waals surface area contributed by atoms with Crippen molar-refractivity contribution >= 4 is 27.8 Å². The molecule has 0 aliphatic carbocycles. The van der Waals surface area contributed by atoms with Crippen LogP contribution < -0.4 is 4.90 Å². The van der Waals surface area contributed by atoms with Gasteiger partial charge in [-0.05, 0) is 24.3 Å². The molecule has 0 unspecified atom stereocenters. The van der Waals surface area contributed by atoms with Crippen LogP contribution in [0.25, 0.3) is 10.8 Å². The molecule has 0 spiro atoms. The molecule has 0 aliphatic heterocycles. The van der Waals surface area contributed by atoms with Gasteiger partial charge in [0, 0.05) is 36.8 Å². The summed E-state index contributed by atoms with van der Waals surface area (Å²) < 4.78 is 0. The fourth-order valence-corrected chi connectivity index (χ4v) is 2.11. The van der Waals surface area contributed by atoms with Gasteiger partial charge in [0.25, 0.3) is 0 Å². The first kappa shape index (κ1) is 13.2. The Hall–Kier alpha value is -2.75. The molecular formula is C17H16N4. The van der Waals surface area contributed by atoms with Gasteiger partial charge in [0.2, 0.25) is 0 Å². The normalized spacial score (nSPS) is 11.1. The van der Waals surface area contributed by atoms with Crippen molar-refractivity contribution in [2.45, 2.75) is 0 Å². The smallest absolute Gasteiger partial charge is 0.112 e. The molecule has 2 aromatic carbocycles. The summed E-state index contributed by atoms with van der Waals surface area (Å²) in [6.07, 6.45) is 3.57. The van der Waals surface area contributed by atoms with E-state index in [-0.39, 0.29) is 0 Å². The van der Waals surface area contributed by atoms with Crippen LogP contribution in [0.5, 0.6) is 0 Å². The zero-order valence-electron chi connectivity index (χ0n) is 12.1. The lowest BCUT2D eigenvalue weighted by molar-refractivity contribution is 1.13. The van der Waals surface area contributed by atoms with E-state index < -0.39 is 0 Å². The van der Waals surface area contributed by atoms with Crippen molar-refractivity contribution in [3.05, 3.63) is 60.9 Å². The molecule has 4 nitrogen and oxygen atoms in total. The highest BCUT2D eigenvalue weighted by Gasteiger charge is 2.00. The average Bonchev–Trinajstić information content (AvgIpc) is 2.53. The number of anilines is 1. The summed E-state index contributed by atoms with van der Waals surface area (Å²) >= 11 is 0. The van der Waals surface area contributed by atoms with Gasteiger partial charge >= 0.3 is 0 Å². The maximum Gasteiger partial charge on any atom is 0.112 e. The van der Waals surface area contributed by atoms with Crippen LogP contribution in [-0.4, -0.2) is 19.1 Å². The highest BCUT2D eigenvalue weighted by molar-refractivity contribution is 5.91. The van der Waals surface area contributed by atoms with E-state index in [1.54, 1.807) is 6.20 Å². The summed E-state index contributed by atoms with van der Waals surface area (Å²) in [5.74, 6) is 0.